The molecule has 72 valence electrons. The first-order valence-corrected chi connectivity index (χ1v) is 4.69. The zero-order valence-electron chi connectivity index (χ0n) is 7.73. The first-order valence-electron chi connectivity index (χ1n) is 4.69. The van der Waals surface area contributed by atoms with Gasteiger partial charge in [0.15, 0.2) is 0 Å². The highest BCUT2D eigenvalue weighted by Gasteiger charge is 2.29. The molecular formula is C10H15NO2. The van der Waals surface area contributed by atoms with E-state index in [1.807, 2.05) is 25.4 Å². The Morgan fingerprint density at radius 2 is 2.54 bits per heavy atom. The molecule has 1 aromatic rings. The third kappa shape index (κ3) is 1.76. The molecule has 0 spiro atoms. The number of hydrogen-bond donors (Lipinski definition) is 2. The van der Waals surface area contributed by atoms with Crippen molar-refractivity contribution >= 4 is 0 Å². The van der Waals surface area contributed by atoms with Crippen molar-refractivity contribution in [3.63, 3.8) is 0 Å². The molecule has 0 amide bonds. The SMILES string of the molecule is CC1CC(C(O)c2cc[nH]c2)CO1. The number of nitrogens with one attached hydrogen (secondary N) is 1. The molecule has 2 N–H and O–H groups in total. The summed E-state index contributed by atoms with van der Waals surface area (Å²) >= 11 is 0. The molecule has 1 aliphatic rings. The van der Waals surface area contributed by atoms with Crippen LogP contribution >= 0.6 is 0 Å². The van der Waals surface area contributed by atoms with Crippen molar-refractivity contribution in [2.75, 3.05) is 6.61 Å². The van der Waals surface area contributed by atoms with Gasteiger partial charge < -0.3 is 14.8 Å². The smallest absolute Gasteiger partial charge is 0.0855 e. The van der Waals surface area contributed by atoms with Crippen LogP contribution in [0.2, 0.25) is 0 Å². The standard InChI is InChI=1S/C10H15NO2/c1-7-4-9(6-13-7)10(12)8-2-3-11-5-8/h2-3,5,7,9-12H,4,6H2,1H3. The van der Waals surface area contributed by atoms with E-state index >= 15 is 0 Å². The normalized spacial score (nSPS) is 30.6. The lowest BCUT2D eigenvalue weighted by Crippen LogP contribution is -2.11. The minimum atomic E-state index is -0.379. The fourth-order valence-electron chi connectivity index (χ4n) is 1.86. The highest BCUT2D eigenvalue weighted by molar-refractivity contribution is 5.13. The summed E-state index contributed by atoms with van der Waals surface area (Å²) < 4.78 is 5.41. The Morgan fingerprint density at radius 1 is 1.69 bits per heavy atom. The molecule has 13 heavy (non-hydrogen) atoms. The van der Waals surface area contributed by atoms with Crippen LogP contribution in [0, 0.1) is 5.92 Å². The molecular weight excluding hydrogens is 166 g/mol. The highest BCUT2D eigenvalue weighted by atomic mass is 16.5. The molecule has 3 unspecified atom stereocenters. The molecule has 1 aliphatic heterocycles. The molecule has 1 fully saturated rings. The molecule has 3 atom stereocenters. The molecule has 1 aromatic heterocycles. The lowest BCUT2D eigenvalue weighted by Gasteiger charge is -2.14. The van der Waals surface area contributed by atoms with Gasteiger partial charge in [-0.05, 0) is 25.0 Å². The summed E-state index contributed by atoms with van der Waals surface area (Å²) in [6.07, 6.45) is 4.53. The van der Waals surface area contributed by atoms with E-state index in [0.29, 0.717) is 12.7 Å². The minimum Gasteiger partial charge on any atom is -0.388 e. The molecule has 2 rings (SSSR count). The lowest BCUT2D eigenvalue weighted by molar-refractivity contribution is 0.0805. The molecule has 0 radical (unpaired) electrons. The van der Waals surface area contributed by atoms with E-state index in [9.17, 15) is 5.11 Å². The Labute approximate surface area is 77.7 Å². The predicted octanol–water partition coefficient (Wildman–Crippen LogP) is 1.47. The van der Waals surface area contributed by atoms with Crippen LogP contribution in [-0.2, 0) is 4.74 Å². The summed E-state index contributed by atoms with van der Waals surface area (Å²) in [5.41, 5.74) is 0.961. The predicted molar refractivity (Wildman–Crippen MR) is 49.3 cm³/mol. The summed E-state index contributed by atoms with van der Waals surface area (Å²) in [6, 6.07) is 1.91. The van der Waals surface area contributed by atoms with Crippen LogP contribution in [-0.4, -0.2) is 22.8 Å². The summed E-state index contributed by atoms with van der Waals surface area (Å²) in [7, 11) is 0. The first kappa shape index (κ1) is 8.78. The van der Waals surface area contributed by atoms with E-state index in [0.717, 1.165) is 12.0 Å². The Bertz CT molecular complexity index is 258. The van der Waals surface area contributed by atoms with Gasteiger partial charge in [0, 0.05) is 18.3 Å². The number of aliphatic hydroxyl groups excluding tert-OH is 1. The Balaban J connectivity index is 2.02. The average Bonchev–Trinajstić information content (AvgIpc) is 2.72. The van der Waals surface area contributed by atoms with Gasteiger partial charge in [-0.3, -0.25) is 0 Å². The number of aromatic nitrogens is 1. The third-order valence-electron chi connectivity index (χ3n) is 2.64. The Morgan fingerprint density at radius 3 is 3.08 bits per heavy atom. The number of ether oxygens (including phenoxy) is 1. The number of aromatic amines is 1. The molecule has 2 heterocycles. The second-order valence-corrected chi connectivity index (χ2v) is 3.73. The summed E-state index contributed by atoms with van der Waals surface area (Å²) in [4.78, 5) is 2.94. The second-order valence-electron chi connectivity index (χ2n) is 3.73. The van der Waals surface area contributed by atoms with Crippen molar-refractivity contribution in [2.24, 2.45) is 5.92 Å². The Hall–Kier alpha value is -0.800. The fourth-order valence-corrected chi connectivity index (χ4v) is 1.86. The largest absolute Gasteiger partial charge is 0.388 e. The van der Waals surface area contributed by atoms with Crippen LogP contribution in [0.1, 0.15) is 25.0 Å². The van der Waals surface area contributed by atoms with E-state index in [1.54, 1.807) is 0 Å². The van der Waals surface area contributed by atoms with Gasteiger partial charge >= 0.3 is 0 Å². The van der Waals surface area contributed by atoms with E-state index < -0.39 is 0 Å². The van der Waals surface area contributed by atoms with Gasteiger partial charge in [-0.25, -0.2) is 0 Å². The fraction of sp³-hybridized carbons (Fsp3) is 0.600. The highest BCUT2D eigenvalue weighted by Crippen LogP contribution is 2.31. The van der Waals surface area contributed by atoms with Crippen LogP contribution < -0.4 is 0 Å². The van der Waals surface area contributed by atoms with Crippen molar-refractivity contribution in [3.8, 4) is 0 Å². The van der Waals surface area contributed by atoms with Gasteiger partial charge in [0.1, 0.15) is 0 Å². The molecule has 3 nitrogen and oxygen atoms in total. The van der Waals surface area contributed by atoms with Gasteiger partial charge in [-0.1, -0.05) is 0 Å². The van der Waals surface area contributed by atoms with Gasteiger partial charge in [-0.2, -0.15) is 0 Å². The molecule has 0 saturated carbocycles. The number of H-pyrrole nitrogens is 1. The van der Waals surface area contributed by atoms with Crippen molar-refractivity contribution in [1.82, 2.24) is 4.98 Å². The lowest BCUT2D eigenvalue weighted by atomic mass is 9.95. The van der Waals surface area contributed by atoms with E-state index in [4.69, 9.17) is 4.74 Å². The zero-order valence-corrected chi connectivity index (χ0v) is 7.73. The minimum absolute atomic E-state index is 0.255. The molecule has 1 saturated heterocycles. The average molecular weight is 181 g/mol. The Kier molecular flexibility index (Phi) is 2.38. The van der Waals surface area contributed by atoms with Crippen molar-refractivity contribution in [2.45, 2.75) is 25.6 Å². The maximum atomic E-state index is 9.93. The summed E-state index contributed by atoms with van der Waals surface area (Å²) in [5, 5.41) is 9.93. The third-order valence-corrected chi connectivity index (χ3v) is 2.64. The zero-order chi connectivity index (χ0) is 9.26. The van der Waals surface area contributed by atoms with Gasteiger partial charge in [0.25, 0.3) is 0 Å². The van der Waals surface area contributed by atoms with Crippen molar-refractivity contribution in [1.29, 1.82) is 0 Å². The maximum Gasteiger partial charge on any atom is 0.0855 e. The maximum absolute atomic E-state index is 9.93. The number of hydrogen-bond acceptors (Lipinski definition) is 2. The first-order chi connectivity index (χ1) is 6.27. The van der Waals surface area contributed by atoms with Gasteiger partial charge in [0.05, 0.1) is 18.8 Å². The topological polar surface area (TPSA) is 45.2 Å². The van der Waals surface area contributed by atoms with Gasteiger partial charge in [0.2, 0.25) is 0 Å². The van der Waals surface area contributed by atoms with E-state index in [2.05, 4.69) is 4.98 Å². The summed E-state index contributed by atoms with van der Waals surface area (Å²) in [6.45, 7) is 2.72. The molecule has 3 heteroatoms. The van der Waals surface area contributed by atoms with Crippen LogP contribution in [0.25, 0.3) is 0 Å². The quantitative estimate of drug-likeness (QED) is 0.725. The number of rotatable bonds is 2. The van der Waals surface area contributed by atoms with Crippen LogP contribution in [0.5, 0.6) is 0 Å². The molecule has 0 bridgehead atoms. The van der Waals surface area contributed by atoms with Crippen molar-refractivity contribution < 1.29 is 9.84 Å². The molecule has 0 aromatic carbocycles. The number of aliphatic hydroxyl groups is 1. The van der Waals surface area contributed by atoms with Crippen LogP contribution in [0.4, 0.5) is 0 Å². The van der Waals surface area contributed by atoms with Crippen LogP contribution in [0.15, 0.2) is 18.5 Å². The van der Waals surface area contributed by atoms with E-state index in [-0.39, 0.29) is 12.0 Å². The summed E-state index contributed by atoms with van der Waals surface area (Å²) in [5.74, 6) is 0.255. The molecule has 0 aliphatic carbocycles. The second kappa shape index (κ2) is 3.52. The van der Waals surface area contributed by atoms with Crippen molar-refractivity contribution in [3.05, 3.63) is 24.0 Å². The van der Waals surface area contributed by atoms with Gasteiger partial charge in [-0.15, -0.1) is 0 Å². The monoisotopic (exact) mass is 181 g/mol. The van der Waals surface area contributed by atoms with E-state index in [1.165, 1.54) is 0 Å². The van der Waals surface area contributed by atoms with Crippen LogP contribution in [0.3, 0.4) is 0 Å².